The zero-order valence-corrected chi connectivity index (χ0v) is 17.9. The first-order chi connectivity index (χ1) is 14.8. The molecule has 1 fully saturated rings. The minimum absolute atomic E-state index is 0.228. The Bertz CT molecular complexity index is 1220. The van der Waals surface area contributed by atoms with E-state index in [1.807, 2.05) is 4.90 Å². The van der Waals surface area contributed by atoms with Crippen LogP contribution in [-0.2, 0) is 16.4 Å². The van der Waals surface area contributed by atoms with Gasteiger partial charge in [0.2, 0.25) is 10.0 Å². The maximum Gasteiger partial charge on any atom is 0.267 e. The smallest absolute Gasteiger partial charge is 0.267 e. The fourth-order valence-corrected chi connectivity index (χ4v) is 5.10. The van der Waals surface area contributed by atoms with Crippen molar-refractivity contribution < 1.29 is 12.8 Å². The fourth-order valence-electron chi connectivity index (χ4n) is 3.68. The molecule has 31 heavy (non-hydrogen) atoms. The zero-order chi connectivity index (χ0) is 22.0. The van der Waals surface area contributed by atoms with Crippen molar-refractivity contribution in [2.24, 2.45) is 0 Å². The highest BCUT2D eigenvalue weighted by molar-refractivity contribution is 7.89. The number of H-pyrrole nitrogens is 1. The van der Waals surface area contributed by atoms with E-state index in [-0.39, 0.29) is 16.3 Å². The first-order valence-corrected chi connectivity index (χ1v) is 11.4. The van der Waals surface area contributed by atoms with Crippen molar-refractivity contribution in [3.8, 4) is 0 Å². The molecule has 0 saturated carbocycles. The van der Waals surface area contributed by atoms with Crippen LogP contribution in [0.4, 0.5) is 10.1 Å². The van der Waals surface area contributed by atoms with E-state index in [1.165, 1.54) is 16.4 Å². The van der Waals surface area contributed by atoms with Crippen molar-refractivity contribution in [2.45, 2.75) is 18.2 Å². The fraction of sp³-hybridized carbons (Fsp3) is 0.273. The van der Waals surface area contributed by atoms with Gasteiger partial charge in [-0.3, -0.25) is 4.79 Å². The third-order valence-corrected chi connectivity index (χ3v) is 7.31. The van der Waals surface area contributed by atoms with E-state index in [1.54, 1.807) is 49.4 Å². The summed E-state index contributed by atoms with van der Waals surface area (Å²) < 4.78 is 40.7. The lowest BCUT2D eigenvalue weighted by Gasteiger charge is -2.35. The van der Waals surface area contributed by atoms with E-state index in [9.17, 15) is 17.6 Å². The Morgan fingerprint density at radius 3 is 2.29 bits per heavy atom. The van der Waals surface area contributed by atoms with Gasteiger partial charge >= 0.3 is 0 Å². The number of benzene rings is 2. The van der Waals surface area contributed by atoms with Gasteiger partial charge in [0.1, 0.15) is 5.82 Å². The van der Waals surface area contributed by atoms with E-state index in [0.717, 1.165) is 11.3 Å². The predicted molar refractivity (Wildman–Crippen MR) is 116 cm³/mol. The molecule has 1 N–H and O–H groups in total. The summed E-state index contributed by atoms with van der Waals surface area (Å²) in [6, 6.07) is 14.6. The summed E-state index contributed by atoms with van der Waals surface area (Å²) in [5, 5.41) is 6.32. The molecule has 162 valence electrons. The SMILES string of the molecule is Cc1cc(Cc2ccc(S(=O)(=O)N3CCN(c4ccc(F)cc4)CC3)cc2)c(=O)[nH]n1. The van der Waals surface area contributed by atoms with E-state index >= 15 is 0 Å². The van der Waals surface area contributed by atoms with Gasteiger partial charge in [-0.2, -0.15) is 9.40 Å². The molecule has 0 spiro atoms. The molecule has 3 aromatic rings. The maximum atomic E-state index is 13.1. The number of aryl methyl sites for hydroxylation is 1. The number of hydrogen-bond donors (Lipinski definition) is 1. The van der Waals surface area contributed by atoms with Crippen LogP contribution in [0.5, 0.6) is 0 Å². The van der Waals surface area contributed by atoms with Crippen LogP contribution in [0.1, 0.15) is 16.8 Å². The first kappa shape index (κ1) is 21.2. The summed E-state index contributed by atoms with van der Waals surface area (Å²) >= 11 is 0. The second-order valence-electron chi connectivity index (χ2n) is 7.55. The largest absolute Gasteiger partial charge is 0.369 e. The number of piperazine rings is 1. The highest BCUT2D eigenvalue weighted by Crippen LogP contribution is 2.22. The molecular weight excluding hydrogens is 419 g/mol. The molecule has 0 aliphatic carbocycles. The second kappa shape index (κ2) is 8.60. The number of hydrogen-bond acceptors (Lipinski definition) is 5. The Kier molecular flexibility index (Phi) is 5.88. The van der Waals surface area contributed by atoms with Gasteiger partial charge in [-0.1, -0.05) is 12.1 Å². The van der Waals surface area contributed by atoms with Crippen LogP contribution in [0.2, 0.25) is 0 Å². The first-order valence-electron chi connectivity index (χ1n) is 9.98. The molecule has 2 aromatic carbocycles. The minimum atomic E-state index is -3.61. The summed E-state index contributed by atoms with van der Waals surface area (Å²) in [5.41, 5.74) is 2.77. The normalized spacial score (nSPS) is 15.2. The number of aromatic amines is 1. The number of anilines is 1. The van der Waals surface area contributed by atoms with E-state index in [0.29, 0.717) is 43.9 Å². The number of halogens is 1. The maximum absolute atomic E-state index is 13.1. The van der Waals surface area contributed by atoms with Crippen LogP contribution in [0.25, 0.3) is 0 Å². The second-order valence-corrected chi connectivity index (χ2v) is 9.49. The van der Waals surface area contributed by atoms with Crippen molar-refractivity contribution in [1.29, 1.82) is 0 Å². The Morgan fingerprint density at radius 1 is 1.00 bits per heavy atom. The van der Waals surface area contributed by atoms with Gasteiger partial charge in [0.05, 0.1) is 10.6 Å². The summed E-state index contributed by atoms with van der Waals surface area (Å²) in [5.74, 6) is -0.294. The van der Waals surface area contributed by atoms with Crippen LogP contribution >= 0.6 is 0 Å². The monoisotopic (exact) mass is 442 g/mol. The predicted octanol–water partition coefficient (Wildman–Crippen LogP) is 2.32. The lowest BCUT2D eigenvalue weighted by Crippen LogP contribution is -2.48. The van der Waals surface area contributed by atoms with Crippen LogP contribution in [0, 0.1) is 12.7 Å². The molecule has 4 rings (SSSR count). The molecule has 0 bridgehead atoms. The van der Waals surface area contributed by atoms with Crippen molar-refractivity contribution in [1.82, 2.24) is 14.5 Å². The van der Waals surface area contributed by atoms with Crippen LogP contribution in [0.3, 0.4) is 0 Å². The van der Waals surface area contributed by atoms with E-state index in [4.69, 9.17) is 0 Å². The third kappa shape index (κ3) is 4.67. The molecule has 0 unspecified atom stereocenters. The van der Waals surface area contributed by atoms with Gasteiger partial charge in [-0.15, -0.1) is 0 Å². The van der Waals surface area contributed by atoms with Gasteiger partial charge < -0.3 is 4.90 Å². The molecule has 1 saturated heterocycles. The molecule has 2 heterocycles. The Hall–Kier alpha value is -3.04. The average Bonchev–Trinajstić information content (AvgIpc) is 2.77. The van der Waals surface area contributed by atoms with E-state index < -0.39 is 10.0 Å². The number of aromatic nitrogens is 2. The third-order valence-electron chi connectivity index (χ3n) is 5.39. The molecule has 0 atom stereocenters. The van der Waals surface area contributed by atoms with Crippen molar-refractivity contribution in [3.05, 3.63) is 87.6 Å². The lowest BCUT2D eigenvalue weighted by molar-refractivity contribution is 0.385. The van der Waals surface area contributed by atoms with Gasteiger partial charge in [0.25, 0.3) is 5.56 Å². The van der Waals surface area contributed by atoms with Crippen molar-refractivity contribution in [2.75, 3.05) is 31.1 Å². The van der Waals surface area contributed by atoms with Crippen molar-refractivity contribution >= 4 is 15.7 Å². The Morgan fingerprint density at radius 2 is 1.65 bits per heavy atom. The summed E-state index contributed by atoms with van der Waals surface area (Å²) in [6.07, 6.45) is 0.398. The number of rotatable bonds is 5. The molecule has 9 heteroatoms. The average molecular weight is 443 g/mol. The molecule has 0 amide bonds. The Balaban J connectivity index is 1.43. The highest BCUT2D eigenvalue weighted by atomic mass is 32.2. The van der Waals surface area contributed by atoms with Gasteiger partial charge in [0.15, 0.2) is 0 Å². The van der Waals surface area contributed by atoms with Gasteiger partial charge in [-0.05, 0) is 55.0 Å². The summed E-state index contributed by atoms with van der Waals surface area (Å²) in [7, 11) is -3.61. The highest BCUT2D eigenvalue weighted by Gasteiger charge is 2.28. The van der Waals surface area contributed by atoms with Crippen molar-refractivity contribution in [3.63, 3.8) is 0 Å². The standard InChI is InChI=1S/C22H23FN4O3S/c1-16-14-18(22(28)25-24-16)15-17-2-8-21(9-3-17)31(29,30)27-12-10-26(11-13-27)20-6-4-19(23)5-7-20/h2-9,14H,10-13,15H2,1H3,(H,25,28). The molecule has 1 aliphatic rings. The molecule has 1 aromatic heterocycles. The minimum Gasteiger partial charge on any atom is -0.369 e. The number of nitrogens with one attached hydrogen (secondary N) is 1. The Labute approximate surface area is 180 Å². The van der Waals surface area contributed by atoms with Crippen LogP contribution < -0.4 is 10.5 Å². The van der Waals surface area contributed by atoms with Crippen LogP contribution in [-0.4, -0.2) is 49.1 Å². The van der Waals surface area contributed by atoms with E-state index in [2.05, 4.69) is 10.2 Å². The van der Waals surface area contributed by atoms with Gasteiger partial charge in [0, 0.05) is 43.9 Å². The number of nitrogens with zero attached hydrogens (tertiary/aromatic N) is 3. The quantitative estimate of drug-likeness (QED) is 0.655. The molecule has 1 aliphatic heterocycles. The molecular formula is C22H23FN4O3S. The van der Waals surface area contributed by atoms with Gasteiger partial charge in [-0.25, -0.2) is 17.9 Å². The molecule has 7 nitrogen and oxygen atoms in total. The summed E-state index contributed by atoms with van der Waals surface area (Å²) in [6.45, 7) is 3.57. The van der Waals surface area contributed by atoms with Crippen LogP contribution in [0.15, 0.2) is 64.3 Å². The number of sulfonamides is 1. The lowest BCUT2D eigenvalue weighted by atomic mass is 10.1. The topological polar surface area (TPSA) is 86.4 Å². The molecule has 0 radical (unpaired) electrons. The summed E-state index contributed by atoms with van der Waals surface area (Å²) in [4.78, 5) is 14.2. The zero-order valence-electron chi connectivity index (χ0n) is 17.1.